The third-order valence-corrected chi connectivity index (χ3v) is 5.50. The van der Waals surface area contributed by atoms with E-state index >= 15 is 0 Å². The monoisotopic (exact) mass is 445 g/mol. The molecule has 0 radical (unpaired) electrons. The second-order valence-electron chi connectivity index (χ2n) is 5.35. The minimum Gasteiger partial charge on any atom is -0.506 e. The number of rotatable bonds is 6. The van der Waals surface area contributed by atoms with Crippen LogP contribution in [0, 0.1) is 0 Å². The zero-order valence-corrected chi connectivity index (χ0v) is 17.7. The lowest BCUT2D eigenvalue weighted by molar-refractivity contribution is -0.140. The average molecular weight is 446 g/mol. The van der Waals surface area contributed by atoms with Crippen LogP contribution in [0.3, 0.4) is 0 Å². The molecule has 0 spiro atoms. The minimum atomic E-state index is -0.331. The number of nitrogens with one attached hydrogen (secondary N) is 2. The van der Waals surface area contributed by atoms with E-state index in [2.05, 4.69) is 20.6 Å². The van der Waals surface area contributed by atoms with Crippen molar-refractivity contribution in [3.8, 4) is 16.2 Å². The average Bonchev–Trinajstić information content (AvgIpc) is 3.03. The Morgan fingerprint density at radius 1 is 1.37 bits per heavy atom. The Kier molecular flexibility index (Phi) is 7.85. The molecule has 1 aromatic heterocycles. The minimum absolute atomic E-state index is 0.103. The highest BCUT2D eigenvalue weighted by Gasteiger charge is 2.15. The van der Waals surface area contributed by atoms with Crippen molar-refractivity contribution in [2.45, 2.75) is 13.3 Å². The van der Waals surface area contributed by atoms with Gasteiger partial charge in [0.2, 0.25) is 0 Å². The molecule has 2 aromatic rings. The largest absolute Gasteiger partial charge is 0.506 e. The number of thiocarbonyl (C=S) groups is 1. The highest BCUT2D eigenvalue weighted by molar-refractivity contribution is 7.80. The Bertz CT molecular complexity index is 884. The van der Waals surface area contributed by atoms with E-state index in [0.29, 0.717) is 32.7 Å². The van der Waals surface area contributed by atoms with Gasteiger partial charge in [-0.2, -0.15) is 5.10 Å². The van der Waals surface area contributed by atoms with Crippen LogP contribution >= 0.6 is 46.8 Å². The van der Waals surface area contributed by atoms with E-state index in [9.17, 15) is 9.90 Å². The summed E-state index contributed by atoms with van der Waals surface area (Å²) in [6.07, 6.45) is 0.194. The lowest BCUT2D eigenvalue weighted by atomic mass is 10.1. The van der Waals surface area contributed by atoms with Crippen molar-refractivity contribution >= 4 is 63.5 Å². The Labute approximate surface area is 176 Å². The number of thiophene rings is 1. The summed E-state index contributed by atoms with van der Waals surface area (Å²) in [5.41, 5.74) is 4.56. The van der Waals surface area contributed by atoms with Gasteiger partial charge in [-0.15, -0.1) is 11.3 Å². The fourth-order valence-corrected chi connectivity index (χ4v) is 3.51. The standard InChI is InChI=1S/C17H17Cl2N3O3S2/c1-9(21-22-17(26)20-6-5-14(23)25-2)11-8-27-16(15(11)24)10-3-4-12(18)13(19)7-10/h3-4,7-8,24H,5-6H2,1-2H3,(H2,20,22,26)/b21-9+. The van der Waals surface area contributed by atoms with E-state index < -0.39 is 0 Å². The molecule has 0 fully saturated rings. The number of ether oxygens (including phenoxy) is 1. The van der Waals surface area contributed by atoms with Crippen molar-refractivity contribution in [3.63, 3.8) is 0 Å². The Hall–Kier alpha value is -1.87. The molecule has 0 bridgehead atoms. The van der Waals surface area contributed by atoms with Gasteiger partial charge in [0.15, 0.2) is 5.11 Å². The van der Waals surface area contributed by atoms with Crippen molar-refractivity contribution in [2.24, 2.45) is 5.10 Å². The summed E-state index contributed by atoms with van der Waals surface area (Å²) in [5.74, 6) is -0.228. The van der Waals surface area contributed by atoms with Crippen molar-refractivity contribution in [1.82, 2.24) is 10.7 Å². The van der Waals surface area contributed by atoms with Gasteiger partial charge in [-0.3, -0.25) is 10.2 Å². The highest BCUT2D eigenvalue weighted by Crippen LogP contribution is 2.40. The molecule has 6 nitrogen and oxygen atoms in total. The molecule has 0 aliphatic rings. The topological polar surface area (TPSA) is 83.0 Å². The van der Waals surface area contributed by atoms with Gasteiger partial charge >= 0.3 is 5.97 Å². The number of hydrazone groups is 1. The number of esters is 1. The number of nitrogens with zero attached hydrogens (tertiary/aromatic N) is 1. The van der Waals surface area contributed by atoms with Gasteiger partial charge in [-0.1, -0.05) is 29.3 Å². The van der Waals surface area contributed by atoms with Crippen molar-refractivity contribution < 1.29 is 14.6 Å². The smallest absolute Gasteiger partial charge is 0.307 e. The van der Waals surface area contributed by atoms with E-state index in [0.717, 1.165) is 5.56 Å². The Morgan fingerprint density at radius 2 is 2.11 bits per heavy atom. The number of carbonyl (C=O) groups excluding carboxylic acids is 1. The number of carbonyl (C=O) groups is 1. The molecule has 0 amide bonds. The van der Waals surface area contributed by atoms with Crippen LogP contribution < -0.4 is 10.7 Å². The predicted molar refractivity (Wildman–Crippen MR) is 114 cm³/mol. The summed E-state index contributed by atoms with van der Waals surface area (Å²) < 4.78 is 4.54. The fraction of sp³-hybridized carbons (Fsp3) is 0.235. The van der Waals surface area contributed by atoms with E-state index in [1.807, 2.05) is 0 Å². The second-order valence-corrected chi connectivity index (χ2v) is 7.45. The van der Waals surface area contributed by atoms with Gasteiger partial charge in [-0.25, -0.2) is 0 Å². The molecular weight excluding hydrogens is 429 g/mol. The number of benzene rings is 1. The first kappa shape index (κ1) is 21.4. The summed E-state index contributed by atoms with van der Waals surface area (Å²) in [7, 11) is 1.33. The second kappa shape index (κ2) is 9.89. The van der Waals surface area contributed by atoms with Gasteiger partial charge in [0.25, 0.3) is 0 Å². The molecule has 1 aromatic carbocycles. The van der Waals surface area contributed by atoms with Crippen molar-refractivity contribution in [2.75, 3.05) is 13.7 Å². The van der Waals surface area contributed by atoms with Crippen molar-refractivity contribution in [1.29, 1.82) is 0 Å². The first-order valence-corrected chi connectivity index (χ1v) is 9.79. The van der Waals surface area contributed by atoms with E-state index in [4.69, 9.17) is 35.4 Å². The zero-order chi connectivity index (χ0) is 20.0. The number of halogens is 2. The first-order chi connectivity index (χ1) is 12.8. The third-order valence-electron chi connectivity index (χ3n) is 3.50. The number of aromatic hydroxyl groups is 1. The van der Waals surface area contributed by atoms with E-state index in [-0.39, 0.29) is 23.3 Å². The zero-order valence-electron chi connectivity index (χ0n) is 14.5. The van der Waals surface area contributed by atoms with Gasteiger partial charge in [0.05, 0.1) is 39.7 Å². The lowest BCUT2D eigenvalue weighted by Crippen LogP contribution is -2.34. The SMILES string of the molecule is COC(=O)CCNC(=S)N/N=C(\C)c1csc(-c2ccc(Cl)c(Cl)c2)c1O. The molecule has 10 heteroatoms. The summed E-state index contributed by atoms with van der Waals surface area (Å²) in [5, 5.41) is 20.5. The summed E-state index contributed by atoms with van der Waals surface area (Å²) in [6, 6.07) is 5.16. The number of hydrogen-bond acceptors (Lipinski definition) is 6. The maximum Gasteiger partial charge on any atom is 0.307 e. The van der Waals surface area contributed by atoms with Gasteiger partial charge < -0.3 is 15.2 Å². The Balaban J connectivity index is 2.04. The quantitative estimate of drug-likeness (QED) is 0.267. The highest BCUT2D eigenvalue weighted by atomic mass is 35.5. The molecule has 0 saturated carbocycles. The molecule has 0 unspecified atom stereocenters. The van der Waals surface area contributed by atoms with Gasteiger partial charge in [0, 0.05) is 11.9 Å². The van der Waals surface area contributed by atoms with Crippen LogP contribution in [0.1, 0.15) is 18.9 Å². The molecule has 2 rings (SSSR count). The molecule has 0 saturated heterocycles. The predicted octanol–water partition coefficient (Wildman–Crippen LogP) is 4.18. The van der Waals surface area contributed by atoms with Gasteiger partial charge in [0.1, 0.15) is 5.75 Å². The molecule has 0 aliphatic heterocycles. The normalized spacial score (nSPS) is 11.2. The van der Waals surface area contributed by atoms with Crippen LogP contribution in [0.4, 0.5) is 0 Å². The van der Waals surface area contributed by atoms with Crippen LogP contribution in [0.25, 0.3) is 10.4 Å². The molecule has 27 heavy (non-hydrogen) atoms. The Morgan fingerprint density at radius 3 is 2.78 bits per heavy atom. The van der Waals surface area contributed by atoms with Gasteiger partial charge in [-0.05, 0) is 36.8 Å². The number of methoxy groups -OCH3 is 1. The van der Waals surface area contributed by atoms with Crippen LogP contribution in [-0.2, 0) is 9.53 Å². The molecular formula is C17H17Cl2N3O3S2. The fourth-order valence-electron chi connectivity index (χ4n) is 2.07. The first-order valence-electron chi connectivity index (χ1n) is 7.74. The summed E-state index contributed by atoms with van der Waals surface area (Å²) >= 11 is 18.4. The lowest BCUT2D eigenvalue weighted by Gasteiger charge is -2.07. The summed E-state index contributed by atoms with van der Waals surface area (Å²) in [4.78, 5) is 11.7. The van der Waals surface area contributed by atoms with E-state index in [1.54, 1.807) is 30.5 Å². The molecule has 0 aliphatic carbocycles. The number of hydrogen-bond donors (Lipinski definition) is 3. The molecule has 144 valence electrons. The summed E-state index contributed by atoms with van der Waals surface area (Å²) in [6.45, 7) is 2.07. The maximum atomic E-state index is 11.0. The maximum absolute atomic E-state index is 11.0. The molecule has 1 heterocycles. The molecule has 0 atom stereocenters. The van der Waals surface area contributed by atoms with Crippen molar-refractivity contribution in [3.05, 3.63) is 39.2 Å². The van der Waals surface area contributed by atoms with E-state index in [1.165, 1.54) is 18.4 Å². The van der Waals surface area contributed by atoms with Crippen LogP contribution in [-0.4, -0.2) is 35.6 Å². The van der Waals surface area contributed by atoms with Crippen LogP contribution in [0.15, 0.2) is 28.7 Å². The van der Waals surface area contributed by atoms with Crippen LogP contribution in [0.2, 0.25) is 10.0 Å². The third kappa shape index (κ3) is 5.80. The van der Waals surface area contributed by atoms with Crippen LogP contribution in [0.5, 0.6) is 5.75 Å². The molecule has 3 N–H and O–H groups in total.